The molecule has 0 heterocycles. The Kier molecular flexibility index (Phi) is 4.87. The van der Waals surface area contributed by atoms with Crippen molar-refractivity contribution in [3.8, 4) is 0 Å². The molecule has 0 amide bonds. The first-order valence-corrected chi connectivity index (χ1v) is 6.02. The maximum atomic E-state index is 11.9. The van der Waals surface area contributed by atoms with Gasteiger partial charge in [0.15, 0.2) is 0 Å². The Hall–Kier alpha value is -0.960. The van der Waals surface area contributed by atoms with Gasteiger partial charge in [-0.25, -0.2) is 4.79 Å². The quantitative estimate of drug-likeness (QED) is 0.642. The van der Waals surface area contributed by atoms with Crippen LogP contribution in [0.5, 0.6) is 0 Å². The summed E-state index contributed by atoms with van der Waals surface area (Å²) in [7, 11) is 0. The van der Waals surface area contributed by atoms with E-state index in [4.69, 9.17) is 4.74 Å². The number of esters is 1. The van der Waals surface area contributed by atoms with Gasteiger partial charge in [-0.1, -0.05) is 25.5 Å². The van der Waals surface area contributed by atoms with Crippen molar-refractivity contribution in [2.45, 2.75) is 44.6 Å². The van der Waals surface area contributed by atoms with Gasteiger partial charge in [0, 0.05) is 4.90 Å². The molecule has 0 atom stereocenters. The molecule has 2 nitrogen and oxygen atoms in total. The lowest BCUT2D eigenvalue weighted by atomic mass is 10.0. The minimum absolute atomic E-state index is 0.102. The van der Waals surface area contributed by atoms with Crippen LogP contribution in [0.4, 0.5) is 0 Å². The van der Waals surface area contributed by atoms with Gasteiger partial charge >= 0.3 is 5.97 Å². The molecule has 0 saturated carbocycles. The molecular weight excluding hydrogens is 220 g/mol. The lowest BCUT2D eigenvalue weighted by Gasteiger charge is -2.13. The Bertz CT molecular complexity index is 372. The smallest absolute Gasteiger partial charge is 0.339 e. The zero-order valence-corrected chi connectivity index (χ0v) is 10.9. The van der Waals surface area contributed by atoms with Crippen molar-refractivity contribution < 1.29 is 9.53 Å². The highest BCUT2D eigenvalue weighted by Gasteiger charge is 2.16. The summed E-state index contributed by atoms with van der Waals surface area (Å²) in [6, 6.07) is 5.69. The summed E-state index contributed by atoms with van der Waals surface area (Å²) in [6.45, 7) is 5.78. The van der Waals surface area contributed by atoms with Crippen molar-refractivity contribution in [1.29, 1.82) is 0 Å². The van der Waals surface area contributed by atoms with Crippen molar-refractivity contribution in [2.24, 2.45) is 0 Å². The number of carbonyl (C=O) groups excluding carboxylic acids is 1. The SMILES string of the molecule is CCCc1cccc(S)c1C(=O)OC(C)C. The minimum atomic E-state index is -0.274. The molecule has 88 valence electrons. The van der Waals surface area contributed by atoms with E-state index in [2.05, 4.69) is 19.6 Å². The molecule has 3 heteroatoms. The van der Waals surface area contributed by atoms with Gasteiger partial charge in [-0.2, -0.15) is 0 Å². The first-order chi connectivity index (χ1) is 7.56. The largest absolute Gasteiger partial charge is 0.459 e. The van der Waals surface area contributed by atoms with Gasteiger partial charge in [-0.3, -0.25) is 0 Å². The van der Waals surface area contributed by atoms with Crippen molar-refractivity contribution in [2.75, 3.05) is 0 Å². The standard InChI is InChI=1S/C13H18O2S/c1-4-6-10-7-5-8-11(16)12(10)13(14)15-9(2)3/h5,7-9,16H,4,6H2,1-3H3. The molecule has 0 bridgehead atoms. The van der Waals surface area contributed by atoms with Crippen LogP contribution in [0.1, 0.15) is 43.1 Å². The van der Waals surface area contributed by atoms with Gasteiger partial charge < -0.3 is 4.74 Å². The third-order valence-electron chi connectivity index (χ3n) is 2.19. The molecule has 1 aromatic carbocycles. The lowest BCUT2D eigenvalue weighted by molar-refractivity contribution is 0.0372. The fourth-order valence-electron chi connectivity index (χ4n) is 1.57. The maximum absolute atomic E-state index is 11.9. The topological polar surface area (TPSA) is 26.3 Å². The second-order valence-electron chi connectivity index (χ2n) is 4.02. The molecule has 0 radical (unpaired) electrons. The molecule has 0 aliphatic heterocycles. The van der Waals surface area contributed by atoms with Gasteiger partial charge in [0.2, 0.25) is 0 Å². The number of aryl methyl sites for hydroxylation is 1. The number of thiol groups is 1. The van der Waals surface area contributed by atoms with Gasteiger partial charge in [0.05, 0.1) is 11.7 Å². The Morgan fingerprint density at radius 3 is 2.69 bits per heavy atom. The predicted molar refractivity (Wildman–Crippen MR) is 68.2 cm³/mol. The van der Waals surface area contributed by atoms with Crippen LogP contribution in [-0.2, 0) is 11.2 Å². The average Bonchev–Trinajstić information content (AvgIpc) is 2.16. The van der Waals surface area contributed by atoms with Gasteiger partial charge in [0.1, 0.15) is 0 Å². The number of carbonyl (C=O) groups is 1. The van der Waals surface area contributed by atoms with Crippen LogP contribution in [-0.4, -0.2) is 12.1 Å². The van der Waals surface area contributed by atoms with Crippen LogP contribution in [0.25, 0.3) is 0 Å². The van der Waals surface area contributed by atoms with E-state index in [1.165, 1.54) is 0 Å². The summed E-state index contributed by atoms with van der Waals surface area (Å²) in [5.74, 6) is -0.274. The van der Waals surface area contributed by atoms with Gasteiger partial charge in [0.25, 0.3) is 0 Å². The van der Waals surface area contributed by atoms with Crippen molar-refractivity contribution in [1.82, 2.24) is 0 Å². The van der Waals surface area contributed by atoms with E-state index >= 15 is 0 Å². The molecule has 16 heavy (non-hydrogen) atoms. The number of hydrogen-bond acceptors (Lipinski definition) is 3. The number of hydrogen-bond donors (Lipinski definition) is 1. The highest BCUT2D eigenvalue weighted by atomic mass is 32.1. The molecule has 0 saturated heterocycles. The zero-order chi connectivity index (χ0) is 12.1. The van der Waals surface area contributed by atoms with Crippen molar-refractivity contribution in [3.63, 3.8) is 0 Å². The number of ether oxygens (including phenoxy) is 1. The molecule has 0 spiro atoms. The Morgan fingerprint density at radius 1 is 1.44 bits per heavy atom. The second-order valence-corrected chi connectivity index (χ2v) is 4.50. The normalized spacial score (nSPS) is 10.6. The fourth-order valence-corrected chi connectivity index (χ4v) is 1.89. The van der Waals surface area contributed by atoms with E-state index < -0.39 is 0 Å². The Labute approximate surface area is 102 Å². The van der Waals surface area contributed by atoms with E-state index in [-0.39, 0.29) is 12.1 Å². The highest BCUT2D eigenvalue weighted by Crippen LogP contribution is 2.21. The first-order valence-electron chi connectivity index (χ1n) is 5.58. The summed E-state index contributed by atoms with van der Waals surface area (Å²) in [4.78, 5) is 12.6. The summed E-state index contributed by atoms with van der Waals surface area (Å²) in [5, 5.41) is 0. The predicted octanol–water partition coefficient (Wildman–Crippen LogP) is 3.49. The van der Waals surface area contributed by atoms with E-state index in [1.807, 2.05) is 32.0 Å². The summed E-state index contributed by atoms with van der Waals surface area (Å²) in [6.07, 6.45) is 1.77. The van der Waals surface area contributed by atoms with Gasteiger partial charge in [-0.05, 0) is 31.9 Å². The summed E-state index contributed by atoms with van der Waals surface area (Å²) >= 11 is 4.32. The van der Waals surface area contributed by atoms with Crippen LogP contribution in [0.3, 0.4) is 0 Å². The van der Waals surface area contributed by atoms with Crippen LogP contribution in [0.2, 0.25) is 0 Å². The zero-order valence-electron chi connectivity index (χ0n) is 9.99. The van der Waals surface area contributed by atoms with E-state index in [9.17, 15) is 4.79 Å². The minimum Gasteiger partial charge on any atom is -0.459 e. The van der Waals surface area contributed by atoms with E-state index in [0.29, 0.717) is 10.5 Å². The van der Waals surface area contributed by atoms with Crippen molar-refractivity contribution in [3.05, 3.63) is 29.3 Å². The van der Waals surface area contributed by atoms with Crippen LogP contribution >= 0.6 is 12.6 Å². The molecule has 0 aliphatic carbocycles. The average molecular weight is 238 g/mol. The van der Waals surface area contributed by atoms with Crippen molar-refractivity contribution >= 4 is 18.6 Å². The molecule has 0 N–H and O–H groups in total. The lowest BCUT2D eigenvalue weighted by Crippen LogP contribution is -2.14. The molecule has 0 unspecified atom stereocenters. The molecule has 0 fully saturated rings. The Balaban J connectivity index is 3.04. The monoisotopic (exact) mass is 238 g/mol. The molecular formula is C13H18O2S. The Morgan fingerprint density at radius 2 is 2.12 bits per heavy atom. The summed E-state index contributed by atoms with van der Waals surface area (Å²) < 4.78 is 5.22. The van der Waals surface area contributed by atoms with Crippen LogP contribution in [0, 0.1) is 0 Å². The van der Waals surface area contributed by atoms with E-state index in [1.54, 1.807) is 0 Å². The van der Waals surface area contributed by atoms with E-state index in [0.717, 1.165) is 18.4 Å². The third kappa shape index (κ3) is 3.27. The first kappa shape index (κ1) is 13.1. The fraction of sp³-hybridized carbons (Fsp3) is 0.462. The molecule has 1 aromatic rings. The van der Waals surface area contributed by atoms with Crippen LogP contribution in [0.15, 0.2) is 23.1 Å². The molecule has 0 aliphatic rings. The van der Waals surface area contributed by atoms with Gasteiger partial charge in [-0.15, -0.1) is 12.6 Å². The van der Waals surface area contributed by atoms with Crippen LogP contribution < -0.4 is 0 Å². The number of rotatable bonds is 4. The highest BCUT2D eigenvalue weighted by molar-refractivity contribution is 7.80. The number of benzene rings is 1. The molecule has 1 rings (SSSR count). The molecule has 0 aromatic heterocycles. The third-order valence-corrected chi connectivity index (χ3v) is 2.57. The second kappa shape index (κ2) is 5.94. The maximum Gasteiger partial charge on any atom is 0.339 e. The summed E-state index contributed by atoms with van der Waals surface area (Å²) in [5.41, 5.74) is 1.63.